The van der Waals surface area contributed by atoms with Crippen molar-refractivity contribution in [3.8, 4) is 5.75 Å². The van der Waals surface area contributed by atoms with Gasteiger partial charge >= 0.3 is 0 Å². The van der Waals surface area contributed by atoms with Gasteiger partial charge in [0.1, 0.15) is 11.1 Å². The molecular formula is C11H14N2O4S2. The third kappa shape index (κ3) is 3.19. The van der Waals surface area contributed by atoms with Crippen LogP contribution in [0.4, 0.5) is 0 Å². The normalized spacial score (nSPS) is 20.3. The largest absolute Gasteiger partial charge is 0.506 e. The molecule has 2 rings (SSSR count). The highest BCUT2D eigenvalue weighted by molar-refractivity contribution is 8.00. The van der Waals surface area contributed by atoms with Gasteiger partial charge in [-0.3, -0.25) is 9.78 Å². The molecule has 1 unspecified atom stereocenters. The highest BCUT2D eigenvalue weighted by atomic mass is 32.2. The molecule has 0 bridgehead atoms. The Hall–Kier alpha value is -1.28. The van der Waals surface area contributed by atoms with E-state index in [2.05, 4.69) is 4.98 Å². The van der Waals surface area contributed by atoms with Crippen LogP contribution in [0.1, 0.15) is 10.4 Å². The second-order valence-corrected chi connectivity index (χ2v) is 7.64. The smallest absolute Gasteiger partial charge is 0.256 e. The minimum Gasteiger partial charge on any atom is -0.506 e. The minimum atomic E-state index is -3.34. The number of carbonyl (C=O) groups excluding carboxylic acids is 1. The van der Waals surface area contributed by atoms with Crippen molar-refractivity contribution in [2.75, 3.05) is 24.3 Å². The van der Waals surface area contributed by atoms with Gasteiger partial charge in [0.2, 0.25) is 0 Å². The van der Waals surface area contributed by atoms with E-state index >= 15 is 0 Å². The predicted octanol–water partition coefficient (Wildman–Crippen LogP) is 0.347. The lowest BCUT2D eigenvalue weighted by molar-refractivity contribution is 0.0749. The van der Waals surface area contributed by atoms with Gasteiger partial charge in [-0.25, -0.2) is 8.42 Å². The average Bonchev–Trinajstić information content (AvgIpc) is 2.37. The molecule has 0 saturated carbocycles. The van der Waals surface area contributed by atoms with Crippen molar-refractivity contribution >= 4 is 27.5 Å². The molecule has 0 spiro atoms. The quantitative estimate of drug-likeness (QED) is 0.848. The van der Waals surface area contributed by atoms with Gasteiger partial charge in [-0.1, -0.05) is 0 Å². The maximum Gasteiger partial charge on any atom is 0.256 e. The Labute approximate surface area is 115 Å². The van der Waals surface area contributed by atoms with Crippen molar-refractivity contribution in [2.24, 2.45) is 0 Å². The summed E-state index contributed by atoms with van der Waals surface area (Å²) >= 11 is 1.51. The molecule has 1 aromatic heterocycles. The number of carbonyl (C=O) groups is 1. The molecule has 1 aromatic rings. The Kier molecular flexibility index (Phi) is 4.00. The predicted molar refractivity (Wildman–Crippen MR) is 72.9 cm³/mol. The summed E-state index contributed by atoms with van der Waals surface area (Å²) in [6, 6.07) is 1.29. The molecule has 104 valence electrons. The van der Waals surface area contributed by atoms with Crippen LogP contribution in [0.3, 0.4) is 0 Å². The van der Waals surface area contributed by atoms with E-state index in [4.69, 9.17) is 0 Å². The van der Waals surface area contributed by atoms with Gasteiger partial charge in [0.15, 0.2) is 9.84 Å². The lowest BCUT2D eigenvalue weighted by Crippen LogP contribution is -2.49. The van der Waals surface area contributed by atoms with Crippen molar-refractivity contribution < 1.29 is 18.3 Å². The molecule has 2 heterocycles. The topological polar surface area (TPSA) is 87.6 Å². The van der Waals surface area contributed by atoms with Gasteiger partial charge < -0.3 is 10.0 Å². The molecule has 1 atom stereocenters. The fourth-order valence-electron chi connectivity index (χ4n) is 1.88. The van der Waals surface area contributed by atoms with Crippen molar-refractivity contribution in [3.05, 3.63) is 24.0 Å². The molecule has 1 saturated heterocycles. The third-order valence-corrected chi connectivity index (χ3v) is 5.45. The van der Waals surface area contributed by atoms with Crippen LogP contribution >= 0.6 is 11.8 Å². The molecule has 1 amide bonds. The van der Waals surface area contributed by atoms with E-state index in [-0.39, 0.29) is 11.3 Å². The SMILES string of the molecule is CS(=O)(=O)C1CSCCN1C(=O)c1cncc(O)c1. The van der Waals surface area contributed by atoms with Gasteiger partial charge in [0, 0.05) is 30.5 Å². The molecule has 1 aliphatic rings. The van der Waals surface area contributed by atoms with E-state index in [1.807, 2.05) is 0 Å². The highest BCUT2D eigenvalue weighted by Gasteiger charge is 2.34. The van der Waals surface area contributed by atoms with Crippen LogP contribution in [0.15, 0.2) is 18.5 Å². The third-order valence-electron chi connectivity index (χ3n) is 2.81. The van der Waals surface area contributed by atoms with Gasteiger partial charge in [-0.2, -0.15) is 11.8 Å². The molecule has 6 nitrogen and oxygen atoms in total. The van der Waals surface area contributed by atoms with Crippen molar-refractivity contribution in [1.29, 1.82) is 0 Å². The number of pyridine rings is 1. The van der Waals surface area contributed by atoms with Crippen molar-refractivity contribution in [2.45, 2.75) is 5.37 Å². The van der Waals surface area contributed by atoms with E-state index in [1.165, 1.54) is 35.1 Å². The summed E-state index contributed by atoms with van der Waals surface area (Å²) in [5.41, 5.74) is 0.195. The zero-order valence-electron chi connectivity index (χ0n) is 10.3. The highest BCUT2D eigenvalue weighted by Crippen LogP contribution is 2.23. The lowest BCUT2D eigenvalue weighted by Gasteiger charge is -2.34. The summed E-state index contributed by atoms with van der Waals surface area (Å²) in [6.45, 7) is 0.372. The number of hydrogen-bond donors (Lipinski definition) is 1. The van der Waals surface area contributed by atoms with Crippen LogP contribution in [-0.4, -0.2) is 59.0 Å². The van der Waals surface area contributed by atoms with Crippen LogP contribution < -0.4 is 0 Å². The number of aromatic nitrogens is 1. The summed E-state index contributed by atoms with van der Waals surface area (Å²) in [5, 5.41) is 8.51. The number of rotatable bonds is 2. The van der Waals surface area contributed by atoms with Crippen molar-refractivity contribution in [3.63, 3.8) is 0 Å². The summed E-state index contributed by atoms with van der Waals surface area (Å²) in [6.07, 6.45) is 3.67. The van der Waals surface area contributed by atoms with E-state index < -0.39 is 21.1 Å². The first-order valence-electron chi connectivity index (χ1n) is 5.61. The monoisotopic (exact) mass is 302 g/mol. The number of sulfone groups is 1. The fourth-order valence-corrected chi connectivity index (χ4v) is 4.69. The van der Waals surface area contributed by atoms with Crippen LogP contribution in [-0.2, 0) is 9.84 Å². The van der Waals surface area contributed by atoms with Crippen LogP contribution in [0.2, 0.25) is 0 Å². The Balaban J connectivity index is 2.30. The van der Waals surface area contributed by atoms with Crippen molar-refractivity contribution in [1.82, 2.24) is 9.88 Å². The van der Waals surface area contributed by atoms with Gasteiger partial charge in [-0.05, 0) is 6.07 Å². The molecule has 0 radical (unpaired) electrons. The van der Waals surface area contributed by atoms with E-state index in [0.717, 1.165) is 6.26 Å². The van der Waals surface area contributed by atoms with E-state index in [0.29, 0.717) is 18.1 Å². The first-order valence-corrected chi connectivity index (χ1v) is 8.72. The zero-order chi connectivity index (χ0) is 14.0. The molecule has 1 fully saturated rings. The van der Waals surface area contributed by atoms with Gasteiger partial charge in [-0.15, -0.1) is 0 Å². The van der Waals surface area contributed by atoms with Crippen LogP contribution in [0.25, 0.3) is 0 Å². The molecule has 19 heavy (non-hydrogen) atoms. The average molecular weight is 302 g/mol. The summed E-state index contributed by atoms with van der Waals surface area (Å²) < 4.78 is 23.5. The number of thioether (sulfide) groups is 1. The minimum absolute atomic E-state index is 0.117. The fraction of sp³-hybridized carbons (Fsp3) is 0.455. The maximum absolute atomic E-state index is 12.3. The molecule has 0 aromatic carbocycles. The van der Waals surface area contributed by atoms with Crippen LogP contribution in [0.5, 0.6) is 5.75 Å². The van der Waals surface area contributed by atoms with Gasteiger partial charge in [0.05, 0.1) is 11.8 Å². The molecule has 0 aliphatic carbocycles. The maximum atomic E-state index is 12.3. The van der Waals surface area contributed by atoms with E-state index in [9.17, 15) is 18.3 Å². The number of nitrogens with zero attached hydrogens (tertiary/aromatic N) is 2. The second kappa shape index (κ2) is 5.38. The molecular weight excluding hydrogens is 288 g/mol. The van der Waals surface area contributed by atoms with E-state index in [1.54, 1.807) is 0 Å². The molecule has 8 heteroatoms. The Morgan fingerprint density at radius 3 is 2.89 bits per heavy atom. The Morgan fingerprint density at radius 2 is 2.26 bits per heavy atom. The van der Waals surface area contributed by atoms with Gasteiger partial charge in [0.25, 0.3) is 5.91 Å². The lowest BCUT2D eigenvalue weighted by atomic mass is 10.2. The Morgan fingerprint density at radius 1 is 1.53 bits per heavy atom. The molecule has 1 N–H and O–H groups in total. The second-order valence-electron chi connectivity index (χ2n) is 4.29. The Bertz CT molecular complexity index is 588. The summed E-state index contributed by atoms with van der Waals surface area (Å²) in [4.78, 5) is 17.4. The standard InChI is InChI=1S/C11H14N2O4S2/c1-19(16,17)10-7-18-3-2-13(10)11(15)8-4-9(14)6-12-5-8/h4-6,10,14H,2-3,7H2,1H3. The first kappa shape index (κ1) is 14.1. The number of amides is 1. The summed E-state index contributed by atoms with van der Waals surface area (Å²) in [5.74, 6) is 0.535. The first-order chi connectivity index (χ1) is 8.89. The molecule has 1 aliphatic heterocycles. The summed E-state index contributed by atoms with van der Waals surface area (Å²) in [7, 11) is -3.34. The number of hydrogen-bond acceptors (Lipinski definition) is 6. The number of aromatic hydroxyl groups is 1. The zero-order valence-corrected chi connectivity index (χ0v) is 11.9. The van der Waals surface area contributed by atoms with Crippen LogP contribution in [0, 0.1) is 0 Å².